The molecule has 0 bridgehead atoms. The highest BCUT2D eigenvalue weighted by atomic mass is 15.3. The molecule has 0 spiro atoms. The fraction of sp³-hybridized carbons (Fsp3) is 0.500. The second-order valence-corrected chi connectivity index (χ2v) is 6.11. The third-order valence-electron chi connectivity index (χ3n) is 4.64. The van der Waals surface area contributed by atoms with Gasteiger partial charge in [0.2, 0.25) is 0 Å². The van der Waals surface area contributed by atoms with Gasteiger partial charge in [0.25, 0.3) is 0 Å². The van der Waals surface area contributed by atoms with Crippen molar-refractivity contribution in [2.75, 3.05) is 33.2 Å². The van der Waals surface area contributed by atoms with E-state index < -0.39 is 0 Å². The van der Waals surface area contributed by atoms with Crippen LogP contribution in [0.2, 0.25) is 0 Å². The molecule has 2 aromatic rings. The summed E-state index contributed by atoms with van der Waals surface area (Å²) in [6.45, 7) is 7.59. The van der Waals surface area contributed by atoms with Crippen LogP contribution in [-0.4, -0.2) is 52.8 Å². The van der Waals surface area contributed by atoms with Crippen LogP contribution in [0.15, 0.2) is 42.6 Å². The van der Waals surface area contributed by atoms with Gasteiger partial charge in [-0.2, -0.15) is 5.10 Å². The molecule has 0 amide bonds. The first-order valence-corrected chi connectivity index (χ1v) is 8.26. The molecule has 1 atom stereocenters. The van der Waals surface area contributed by atoms with Crippen LogP contribution in [-0.2, 0) is 13.0 Å². The number of aromatic nitrogens is 2. The Morgan fingerprint density at radius 3 is 2.73 bits per heavy atom. The fourth-order valence-corrected chi connectivity index (χ4v) is 3.33. The molecular weight excluding hydrogens is 272 g/mol. The predicted octanol–water partition coefficient (Wildman–Crippen LogP) is 2.43. The van der Waals surface area contributed by atoms with E-state index in [1.54, 1.807) is 0 Å². The Kier molecular flexibility index (Phi) is 4.90. The lowest BCUT2D eigenvalue weighted by molar-refractivity contribution is 0.0905. The van der Waals surface area contributed by atoms with Gasteiger partial charge in [0.1, 0.15) is 0 Å². The zero-order valence-electron chi connectivity index (χ0n) is 13.7. The summed E-state index contributed by atoms with van der Waals surface area (Å²) in [5, 5.41) is 4.38. The first-order valence-electron chi connectivity index (χ1n) is 8.26. The molecule has 4 heteroatoms. The molecule has 1 aromatic heterocycles. The zero-order valence-corrected chi connectivity index (χ0v) is 13.7. The average Bonchev–Trinajstić information content (AvgIpc) is 3.02. The van der Waals surface area contributed by atoms with Gasteiger partial charge in [-0.05, 0) is 25.6 Å². The highest BCUT2D eigenvalue weighted by Crippen LogP contribution is 2.24. The van der Waals surface area contributed by atoms with E-state index in [0.717, 1.165) is 39.1 Å². The van der Waals surface area contributed by atoms with E-state index in [2.05, 4.69) is 69.9 Å². The Morgan fingerprint density at radius 2 is 1.95 bits per heavy atom. The number of piperazine rings is 1. The van der Waals surface area contributed by atoms with Gasteiger partial charge in [0.05, 0.1) is 0 Å². The van der Waals surface area contributed by atoms with Crippen LogP contribution in [0, 0.1) is 0 Å². The molecule has 3 rings (SSSR count). The van der Waals surface area contributed by atoms with E-state index in [1.165, 1.54) is 11.3 Å². The van der Waals surface area contributed by atoms with Crippen LogP contribution in [0.1, 0.15) is 24.2 Å². The molecule has 1 saturated heterocycles. The Balaban J connectivity index is 1.70. The molecule has 22 heavy (non-hydrogen) atoms. The predicted molar refractivity (Wildman–Crippen MR) is 89.9 cm³/mol. The van der Waals surface area contributed by atoms with Crippen LogP contribution in [0.3, 0.4) is 0 Å². The first-order chi connectivity index (χ1) is 10.8. The number of hydrogen-bond donors (Lipinski definition) is 0. The van der Waals surface area contributed by atoms with Gasteiger partial charge in [-0.1, -0.05) is 30.3 Å². The fourth-order valence-electron chi connectivity index (χ4n) is 3.33. The Labute approximate surface area is 133 Å². The quantitative estimate of drug-likeness (QED) is 0.847. The minimum Gasteiger partial charge on any atom is -0.303 e. The molecule has 118 valence electrons. The molecule has 0 aliphatic carbocycles. The van der Waals surface area contributed by atoms with Crippen LogP contribution < -0.4 is 0 Å². The summed E-state index contributed by atoms with van der Waals surface area (Å²) < 4.78 is 2.10. The van der Waals surface area contributed by atoms with Gasteiger partial charge in [-0.15, -0.1) is 0 Å². The van der Waals surface area contributed by atoms with Gasteiger partial charge < -0.3 is 4.90 Å². The van der Waals surface area contributed by atoms with E-state index in [9.17, 15) is 0 Å². The van der Waals surface area contributed by atoms with Crippen LogP contribution >= 0.6 is 0 Å². The van der Waals surface area contributed by atoms with Crippen molar-refractivity contribution in [1.82, 2.24) is 19.6 Å². The van der Waals surface area contributed by atoms with Gasteiger partial charge in [0, 0.05) is 57.1 Å². The number of likely N-dealkylation sites (N-methyl/N-ethyl adjacent to an activating group) is 1. The lowest BCUT2D eigenvalue weighted by Crippen LogP contribution is -2.47. The lowest BCUT2D eigenvalue weighted by Gasteiger charge is -2.40. The summed E-state index contributed by atoms with van der Waals surface area (Å²) in [6.07, 6.45) is 2.98. The third kappa shape index (κ3) is 3.39. The summed E-state index contributed by atoms with van der Waals surface area (Å²) in [6, 6.07) is 13.6. The Morgan fingerprint density at radius 1 is 1.14 bits per heavy atom. The van der Waals surface area contributed by atoms with Gasteiger partial charge in [0.15, 0.2) is 0 Å². The molecule has 1 aliphatic heterocycles. The number of hydrogen-bond acceptors (Lipinski definition) is 3. The maximum Gasteiger partial charge on any atom is 0.0492 e. The average molecular weight is 298 g/mol. The lowest BCUT2D eigenvalue weighted by atomic mass is 10.0. The molecule has 1 unspecified atom stereocenters. The third-order valence-corrected chi connectivity index (χ3v) is 4.64. The normalized spacial score (nSPS) is 20.4. The first kappa shape index (κ1) is 15.3. The van der Waals surface area contributed by atoms with Crippen molar-refractivity contribution < 1.29 is 0 Å². The molecule has 0 saturated carbocycles. The summed E-state index contributed by atoms with van der Waals surface area (Å²) in [5.74, 6) is 0. The highest BCUT2D eigenvalue weighted by Gasteiger charge is 2.26. The number of rotatable bonds is 5. The SMILES string of the molecule is CCn1nccc1CCN1CCN(C)CC1c1ccccc1. The van der Waals surface area contributed by atoms with Crippen molar-refractivity contribution in [3.63, 3.8) is 0 Å². The standard InChI is InChI=1S/C18H26N4/c1-3-22-17(9-11-19-22)10-12-21-14-13-20(2)15-18(21)16-7-5-4-6-8-16/h4-9,11,18H,3,10,12-15H2,1-2H3. The van der Waals surface area contributed by atoms with Crippen molar-refractivity contribution in [2.45, 2.75) is 25.9 Å². The second kappa shape index (κ2) is 7.07. The summed E-state index contributed by atoms with van der Waals surface area (Å²) in [7, 11) is 2.22. The summed E-state index contributed by atoms with van der Waals surface area (Å²) in [4.78, 5) is 5.06. The van der Waals surface area contributed by atoms with Crippen molar-refractivity contribution >= 4 is 0 Å². The highest BCUT2D eigenvalue weighted by molar-refractivity contribution is 5.20. The molecule has 0 radical (unpaired) electrons. The van der Waals surface area contributed by atoms with E-state index >= 15 is 0 Å². The van der Waals surface area contributed by atoms with Gasteiger partial charge in [-0.3, -0.25) is 9.58 Å². The Hall–Kier alpha value is -1.65. The van der Waals surface area contributed by atoms with Crippen molar-refractivity contribution in [3.8, 4) is 0 Å². The molecule has 0 N–H and O–H groups in total. The monoisotopic (exact) mass is 298 g/mol. The van der Waals surface area contributed by atoms with E-state index in [4.69, 9.17) is 0 Å². The number of aryl methyl sites for hydroxylation is 1. The molecule has 1 fully saturated rings. The summed E-state index contributed by atoms with van der Waals surface area (Å²) in [5.41, 5.74) is 2.77. The van der Waals surface area contributed by atoms with E-state index in [0.29, 0.717) is 6.04 Å². The van der Waals surface area contributed by atoms with Crippen LogP contribution in [0.25, 0.3) is 0 Å². The maximum absolute atomic E-state index is 4.38. The molecule has 1 aromatic carbocycles. The second-order valence-electron chi connectivity index (χ2n) is 6.11. The maximum atomic E-state index is 4.38. The minimum atomic E-state index is 0.498. The molecular formula is C18H26N4. The van der Waals surface area contributed by atoms with Crippen molar-refractivity contribution in [1.29, 1.82) is 0 Å². The number of benzene rings is 1. The molecule has 2 heterocycles. The van der Waals surface area contributed by atoms with E-state index in [1.807, 2.05) is 6.20 Å². The molecule has 1 aliphatic rings. The van der Waals surface area contributed by atoms with Crippen LogP contribution in [0.4, 0.5) is 0 Å². The largest absolute Gasteiger partial charge is 0.303 e. The van der Waals surface area contributed by atoms with Gasteiger partial charge >= 0.3 is 0 Å². The van der Waals surface area contributed by atoms with Gasteiger partial charge in [-0.25, -0.2) is 0 Å². The smallest absolute Gasteiger partial charge is 0.0492 e. The topological polar surface area (TPSA) is 24.3 Å². The molecule has 4 nitrogen and oxygen atoms in total. The van der Waals surface area contributed by atoms with Crippen LogP contribution in [0.5, 0.6) is 0 Å². The van der Waals surface area contributed by atoms with Crippen molar-refractivity contribution in [3.05, 3.63) is 53.9 Å². The summed E-state index contributed by atoms with van der Waals surface area (Å²) >= 11 is 0. The number of nitrogens with zero attached hydrogens (tertiary/aromatic N) is 4. The van der Waals surface area contributed by atoms with Crippen molar-refractivity contribution in [2.24, 2.45) is 0 Å². The Bertz CT molecular complexity index is 578. The zero-order chi connectivity index (χ0) is 15.4. The van der Waals surface area contributed by atoms with E-state index in [-0.39, 0.29) is 0 Å². The minimum absolute atomic E-state index is 0.498.